The lowest BCUT2D eigenvalue weighted by Crippen LogP contribution is -2.25. The Morgan fingerprint density at radius 2 is 2.05 bits per heavy atom. The molecule has 0 aliphatic rings. The fourth-order valence-electron chi connectivity index (χ4n) is 2.04. The van der Waals surface area contributed by atoms with E-state index >= 15 is 0 Å². The summed E-state index contributed by atoms with van der Waals surface area (Å²) < 4.78 is 14.0. The third kappa shape index (κ3) is 3.87. The van der Waals surface area contributed by atoms with E-state index in [0.717, 1.165) is 11.4 Å². The standard InChI is InChI=1S/C15H20FN5/c1-4-17-15-18-9-13(16)14(20-15)21(5-2)10-12-8-6-7-11(3)19-12/h6-9H,4-5,10H2,1-3H3,(H,17,18,20). The van der Waals surface area contributed by atoms with Gasteiger partial charge in [0.25, 0.3) is 0 Å². The molecule has 0 radical (unpaired) electrons. The highest BCUT2D eigenvalue weighted by Crippen LogP contribution is 2.19. The minimum Gasteiger partial charge on any atom is -0.354 e. The number of hydrogen-bond acceptors (Lipinski definition) is 5. The van der Waals surface area contributed by atoms with Crippen molar-refractivity contribution < 1.29 is 4.39 Å². The number of halogens is 1. The van der Waals surface area contributed by atoms with Gasteiger partial charge in [-0.1, -0.05) is 6.07 Å². The van der Waals surface area contributed by atoms with Crippen molar-refractivity contribution in [2.75, 3.05) is 23.3 Å². The van der Waals surface area contributed by atoms with Crippen molar-refractivity contribution in [3.63, 3.8) is 0 Å². The van der Waals surface area contributed by atoms with Crippen LogP contribution in [-0.2, 0) is 6.54 Å². The Morgan fingerprint density at radius 3 is 2.71 bits per heavy atom. The maximum Gasteiger partial charge on any atom is 0.224 e. The molecule has 0 saturated carbocycles. The van der Waals surface area contributed by atoms with Crippen molar-refractivity contribution in [1.29, 1.82) is 0 Å². The van der Waals surface area contributed by atoms with Crippen molar-refractivity contribution in [2.24, 2.45) is 0 Å². The first-order valence-corrected chi connectivity index (χ1v) is 7.08. The normalized spacial score (nSPS) is 10.5. The summed E-state index contributed by atoms with van der Waals surface area (Å²) in [6.45, 7) is 7.68. The van der Waals surface area contributed by atoms with Crippen LogP contribution in [0.1, 0.15) is 25.2 Å². The molecule has 0 bridgehead atoms. The lowest BCUT2D eigenvalue weighted by Gasteiger charge is -2.22. The molecular formula is C15H20FN5. The van der Waals surface area contributed by atoms with Gasteiger partial charge in [-0.2, -0.15) is 4.98 Å². The van der Waals surface area contributed by atoms with Gasteiger partial charge in [0.2, 0.25) is 5.95 Å². The number of aryl methyl sites for hydroxylation is 1. The van der Waals surface area contributed by atoms with Crippen LogP contribution in [0.15, 0.2) is 24.4 Å². The molecule has 0 aliphatic carbocycles. The Morgan fingerprint density at radius 1 is 1.24 bits per heavy atom. The molecule has 2 aromatic heterocycles. The summed E-state index contributed by atoms with van der Waals surface area (Å²) in [6.07, 6.45) is 1.20. The lowest BCUT2D eigenvalue weighted by atomic mass is 10.3. The van der Waals surface area contributed by atoms with E-state index in [0.29, 0.717) is 31.4 Å². The van der Waals surface area contributed by atoms with Crippen molar-refractivity contribution in [3.8, 4) is 0 Å². The summed E-state index contributed by atoms with van der Waals surface area (Å²) in [6, 6.07) is 5.82. The third-order valence-electron chi connectivity index (χ3n) is 3.04. The summed E-state index contributed by atoms with van der Waals surface area (Å²) in [5, 5.41) is 3.00. The van der Waals surface area contributed by atoms with Gasteiger partial charge in [0, 0.05) is 18.8 Å². The van der Waals surface area contributed by atoms with Gasteiger partial charge in [0.15, 0.2) is 11.6 Å². The minimum absolute atomic E-state index is 0.298. The molecule has 0 spiro atoms. The maximum atomic E-state index is 14.0. The molecule has 5 nitrogen and oxygen atoms in total. The lowest BCUT2D eigenvalue weighted by molar-refractivity contribution is 0.601. The zero-order valence-electron chi connectivity index (χ0n) is 12.6. The van der Waals surface area contributed by atoms with Gasteiger partial charge in [-0.15, -0.1) is 0 Å². The fraction of sp³-hybridized carbons (Fsp3) is 0.400. The monoisotopic (exact) mass is 289 g/mol. The smallest absolute Gasteiger partial charge is 0.224 e. The second-order valence-corrected chi connectivity index (χ2v) is 4.68. The SMILES string of the molecule is CCNc1ncc(F)c(N(CC)Cc2cccc(C)n2)n1. The van der Waals surface area contributed by atoms with Crippen LogP contribution < -0.4 is 10.2 Å². The van der Waals surface area contributed by atoms with Crippen LogP contribution >= 0.6 is 0 Å². The first kappa shape index (κ1) is 15.2. The van der Waals surface area contributed by atoms with Gasteiger partial charge in [-0.05, 0) is 32.9 Å². The van der Waals surface area contributed by atoms with Crippen LogP contribution in [-0.4, -0.2) is 28.0 Å². The minimum atomic E-state index is -0.425. The maximum absolute atomic E-state index is 14.0. The zero-order valence-corrected chi connectivity index (χ0v) is 12.6. The van der Waals surface area contributed by atoms with Gasteiger partial charge >= 0.3 is 0 Å². The van der Waals surface area contributed by atoms with E-state index < -0.39 is 5.82 Å². The predicted octanol–water partition coefficient (Wildman–Crippen LogP) is 2.78. The van der Waals surface area contributed by atoms with Crippen LogP contribution in [0.3, 0.4) is 0 Å². The molecule has 0 unspecified atom stereocenters. The van der Waals surface area contributed by atoms with Gasteiger partial charge in [-0.25, -0.2) is 9.37 Å². The Labute approximate surface area is 124 Å². The molecule has 2 aromatic rings. The fourth-order valence-corrected chi connectivity index (χ4v) is 2.04. The van der Waals surface area contributed by atoms with E-state index in [1.165, 1.54) is 6.20 Å². The first-order chi connectivity index (χ1) is 10.1. The zero-order chi connectivity index (χ0) is 15.2. The summed E-state index contributed by atoms with van der Waals surface area (Å²) in [4.78, 5) is 14.5. The van der Waals surface area contributed by atoms with Crippen molar-refractivity contribution in [2.45, 2.75) is 27.3 Å². The average molecular weight is 289 g/mol. The van der Waals surface area contributed by atoms with Gasteiger partial charge in [-0.3, -0.25) is 4.98 Å². The Hall–Kier alpha value is -2.24. The van der Waals surface area contributed by atoms with E-state index in [1.54, 1.807) is 0 Å². The van der Waals surface area contributed by atoms with E-state index in [-0.39, 0.29) is 0 Å². The van der Waals surface area contributed by atoms with Crippen LogP contribution in [0.2, 0.25) is 0 Å². The van der Waals surface area contributed by atoms with E-state index in [1.807, 2.05) is 43.9 Å². The van der Waals surface area contributed by atoms with Crippen LogP contribution in [0.5, 0.6) is 0 Å². The van der Waals surface area contributed by atoms with Gasteiger partial charge in [0.1, 0.15) is 0 Å². The number of anilines is 2. The molecule has 1 N–H and O–H groups in total. The Bertz CT molecular complexity index is 602. The largest absolute Gasteiger partial charge is 0.354 e. The highest BCUT2D eigenvalue weighted by Gasteiger charge is 2.14. The molecule has 2 rings (SSSR count). The summed E-state index contributed by atoms with van der Waals surface area (Å²) in [5.74, 6) is 0.308. The number of pyridine rings is 1. The molecule has 0 aromatic carbocycles. The molecular weight excluding hydrogens is 269 g/mol. The third-order valence-corrected chi connectivity index (χ3v) is 3.04. The topological polar surface area (TPSA) is 53.9 Å². The summed E-state index contributed by atoms with van der Waals surface area (Å²) in [5.41, 5.74) is 1.83. The van der Waals surface area contributed by atoms with Crippen LogP contribution in [0.25, 0.3) is 0 Å². The first-order valence-electron chi connectivity index (χ1n) is 7.08. The molecule has 21 heavy (non-hydrogen) atoms. The van der Waals surface area contributed by atoms with Crippen LogP contribution in [0, 0.1) is 12.7 Å². The predicted molar refractivity (Wildman–Crippen MR) is 81.9 cm³/mol. The van der Waals surface area contributed by atoms with E-state index in [4.69, 9.17) is 0 Å². The molecule has 0 amide bonds. The second kappa shape index (κ2) is 6.97. The Kier molecular flexibility index (Phi) is 5.03. The molecule has 112 valence electrons. The van der Waals surface area contributed by atoms with E-state index in [9.17, 15) is 4.39 Å². The molecule has 0 atom stereocenters. The molecule has 2 heterocycles. The Balaban J connectivity index is 2.26. The van der Waals surface area contributed by atoms with Crippen molar-refractivity contribution in [3.05, 3.63) is 41.6 Å². The molecule has 6 heteroatoms. The van der Waals surface area contributed by atoms with Gasteiger partial charge in [0.05, 0.1) is 18.4 Å². The highest BCUT2D eigenvalue weighted by molar-refractivity contribution is 5.44. The quantitative estimate of drug-likeness (QED) is 0.886. The average Bonchev–Trinajstić information content (AvgIpc) is 2.47. The summed E-state index contributed by atoms with van der Waals surface area (Å²) in [7, 11) is 0. The highest BCUT2D eigenvalue weighted by atomic mass is 19.1. The number of rotatable bonds is 6. The molecule has 0 saturated heterocycles. The number of aromatic nitrogens is 3. The van der Waals surface area contributed by atoms with E-state index in [2.05, 4.69) is 20.3 Å². The summed E-state index contributed by atoms with van der Waals surface area (Å²) >= 11 is 0. The molecule has 0 fully saturated rings. The second-order valence-electron chi connectivity index (χ2n) is 4.68. The number of nitrogens with one attached hydrogen (secondary N) is 1. The molecule has 0 aliphatic heterocycles. The number of hydrogen-bond donors (Lipinski definition) is 1. The van der Waals surface area contributed by atoms with Crippen molar-refractivity contribution >= 4 is 11.8 Å². The van der Waals surface area contributed by atoms with Gasteiger partial charge < -0.3 is 10.2 Å². The number of nitrogens with zero attached hydrogens (tertiary/aromatic N) is 4. The van der Waals surface area contributed by atoms with Crippen molar-refractivity contribution in [1.82, 2.24) is 15.0 Å². The van der Waals surface area contributed by atoms with Crippen LogP contribution in [0.4, 0.5) is 16.2 Å².